The number of aliphatic carboxylic acids is 1. The van der Waals surface area contributed by atoms with Gasteiger partial charge in [0.05, 0.1) is 16.9 Å². The van der Waals surface area contributed by atoms with Gasteiger partial charge in [-0.15, -0.1) is 0 Å². The largest absolute Gasteiger partial charge is 0.481 e. The van der Waals surface area contributed by atoms with Crippen molar-refractivity contribution in [2.45, 2.75) is 49.6 Å². The highest BCUT2D eigenvalue weighted by Gasteiger charge is 2.28. The van der Waals surface area contributed by atoms with E-state index in [1.165, 1.54) is 31.2 Å². The minimum Gasteiger partial charge on any atom is -0.481 e. The number of carboxylic acid groups (broad SMARTS) is 1. The lowest BCUT2D eigenvalue weighted by Crippen LogP contribution is -2.49. The van der Waals surface area contributed by atoms with Crippen molar-refractivity contribution in [2.75, 3.05) is 0 Å². The lowest BCUT2D eigenvalue weighted by molar-refractivity contribution is -0.142. The molecule has 0 heterocycles. The maximum Gasteiger partial charge on any atom is 0.306 e. The maximum atomic E-state index is 12.3. The molecule has 138 valence electrons. The standard InChI is InChI=1S/C16H21ClN2O5S/c1-10(19-25(23,24)14-8-4-12(17)5-9-14)15(20)18-13-6-2-11(3-7-13)16(21)22/h4-5,8-11,13,19H,2-3,6-7H2,1H3,(H,18,20)(H,21,22). The van der Waals surface area contributed by atoms with E-state index in [9.17, 15) is 18.0 Å². The molecule has 1 aliphatic carbocycles. The number of carboxylic acids is 1. The van der Waals surface area contributed by atoms with Gasteiger partial charge in [0.15, 0.2) is 0 Å². The molecule has 0 radical (unpaired) electrons. The van der Waals surface area contributed by atoms with E-state index in [2.05, 4.69) is 10.0 Å². The molecule has 1 aliphatic rings. The number of benzene rings is 1. The fourth-order valence-electron chi connectivity index (χ4n) is 2.78. The van der Waals surface area contributed by atoms with Crippen molar-refractivity contribution in [3.05, 3.63) is 29.3 Å². The second-order valence-corrected chi connectivity index (χ2v) is 8.34. The van der Waals surface area contributed by atoms with Crippen LogP contribution < -0.4 is 10.0 Å². The first kappa shape index (κ1) is 19.7. The van der Waals surface area contributed by atoms with Crippen LogP contribution in [0.5, 0.6) is 0 Å². The predicted molar refractivity (Wildman–Crippen MR) is 92.8 cm³/mol. The van der Waals surface area contributed by atoms with Gasteiger partial charge in [-0.2, -0.15) is 4.72 Å². The molecule has 9 heteroatoms. The number of halogens is 1. The summed E-state index contributed by atoms with van der Waals surface area (Å²) in [5.74, 6) is -1.61. The Morgan fingerprint density at radius 3 is 2.24 bits per heavy atom. The van der Waals surface area contributed by atoms with Crippen LogP contribution in [0.4, 0.5) is 0 Å². The van der Waals surface area contributed by atoms with Crippen molar-refractivity contribution in [2.24, 2.45) is 5.92 Å². The fourth-order valence-corrected chi connectivity index (χ4v) is 4.11. The molecule has 0 aliphatic heterocycles. The van der Waals surface area contributed by atoms with Gasteiger partial charge in [-0.25, -0.2) is 8.42 Å². The van der Waals surface area contributed by atoms with Crippen molar-refractivity contribution >= 4 is 33.5 Å². The number of nitrogens with one attached hydrogen (secondary N) is 2. The number of sulfonamides is 1. The third-order valence-electron chi connectivity index (χ3n) is 4.27. The molecule has 0 bridgehead atoms. The van der Waals surface area contributed by atoms with E-state index >= 15 is 0 Å². The fraction of sp³-hybridized carbons (Fsp3) is 0.500. The molecule has 3 N–H and O–H groups in total. The Balaban J connectivity index is 1.90. The zero-order valence-corrected chi connectivity index (χ0v) is 15.3. The quantitative estimate of drug-likeness (QED) is 0.687. The average molecular weight is 389 g/mol. The summed E-state index contributed by atoms with van der Waals surface area (Å²) >= 11 is 5.74. The normalized spacial score (nSPS) is 22.2. The van der Waals surface area contributed by atoms with E-state index < -0.39 is 27.9 Å². The van der Waals surface area contributed by atoms with Crippen LogP contribution in [0.25, 0.3) is 0 Å². The molecule has 1 aromatic rings. The Kier molecular flexibility index (Phi) is 6.42. The van der Waals surface area contributed by atoms with Crippen molar-refractivity contribution in [1.29, 1.82) is 0 Å². The van der Waals surface area contributed by atoms with Crippen LogP contribution in [0, 0.1) is 5.92 Å². The predicted octanol–water partition coefficient (Wildman–Crippen LogP) is 1.77. The first-order valence-corrected chi connectivity index (χ1v) is 9.86. The van der Waals surface area contributed by atoms with Crippen LogP contribution in [0.1, 0.15) is 32.6 Å². The molecule has 0 saturated heterocycles. The van der Waals surface area contributed by atoms with Crippen molar-refractivity contribution < 1.29 is 23.1 Å². The summed E-state index contributed by atoms with van der Waals surface area (Å²) in [6.07, 6.45) is 2.15. The number of hydrogen-bond acceptors (Lipinski definition) is 4. The highest BCUT2D eigenvalue weighted by Crippen LogP contribution is 2.24. The lowest BCUT2D eigenvalue weighted by Gasteiger charge is -2.28. The molecule has 1 amide bonds. The smallest absolute Gasteiger partial charge is 0.306 e. The van der Waals surface area contributed by atoms with Gasteiger partial charge in [-0.3, -0.25) is 9.59 Å². The van der Waals surface area contributed by atoms with Gasteiger partial charge >= 0.3 is 5.97 Å². The van der Waals surface area contributed by atoms with Crippen LogP contribution in [-0.2, 0) is 19.6 Å². The van der Waals surface area contributed by atoms with E-state index in [1.54, 1.807) is 0 Å². The zero-order valence-electron chi connectivity index (χ0n) is 13.7. The summed E-state index contributed by atoms with van der Waals surface area (Å²) in [7, 11) is -3.83. The molecular formula is C16H21ClN2O5S. The van der Waals surface area contributed by atoms with E-state index in [-0.39, 0.29) is 16.9 Å². The Hall–Kier alpha value is -1.64. The molecule has 0 spiro atoms. The van der Waals surface area contributed by atoms with Gasteiger partial charge < -0.3 is 10.4 Å². The van der Waals surface area contributed by atoms with Gasteiger partial charge in [-0.05, 0) is 56.9 Å². The highest BCUT2D eigenvalue weighted by molar-refractivity contribution is 7.89. The highest BCUT2D eigenvalue weighted by atomic mass is 35.5. The Morgan fingerprint density at radius 1 is 1.16 bits per heavy atom. The zero-order chi connectivity index (χ0) is 18.6. The van der Waals surface area contributed by atoms with Crippen molar-refractivity contribution in [3.63, 3.8) is 0 Å². The number of carbonyl (C=O) groups is 2. The molecule has 1 saturated carbocycles. The van der Waals surface area contributed by atoms with Crippen LogP contribution >= 0.6 is 11.6 Å². The van der Waals surface area contributed by atoms with Gasteiger partial charge in [0, 0.05) is 11.1 Å². The molecule has 1 fully saturated rings. The molecule has 1 aromatic carbocycles. The van der Waals surface area contributed by atoms with Gasteiger partial charge in [0.2, 0.25) is 15.9 Å². The molecule has 0 aromatic heterocycles. The minimum atomic E-state index is -3.83. The van der Waals surface area contributed by atoms with Crippen molar-refractivity contribution in [1.82, 2.24) is 10.0 Å². The average Bonchev–Trinajstić information content (AvgIpc) is 2.55. The third-order valence-corrected chi connectivity index (χ3v) is 6.08. The molecular weight excluding hydrogens is 368 g/mol. The Labute approximate surface area is 151 Å². The SMILES string of the molecule is CC(NS(=O)(=O)c1ccc(Cl)cc1)C(=O)NC1CCC(C(=O)O)CC1. The monoisotopic (exact) mass is 388 g/mol. The summed E-state index contributed by atoms with van der Waals surface area (Å²) in [6, 6.07) is 4.57. The maximum absolute atomic E-state index is 12.3. The number of rotatable bonds is 6. The Bertz CT molecular complexity index is 727. The van der Waals surface area contributed by atoms with Gasteiger partial charge in [0.1, 0.15) is 0 Å². The number of amides is 1. The number of carbonyl (C=O) groups excluding carboxylic acids is 1. The topological polar surface area (TPSA) is 113 Å². The first-order chi connectivity index (χ1) is 11.7. The Morgan fingerprint density at radius 2 is 1.72 bits per heavy atom. The molecule has 2 rings (SSSR count). The second-order valence-electron chi connectivity index (χ2n) is 6.19. The summed E-state index contributed by atoms with van der Waals surface area (Å²) in [4.78, 5) is 23.2. The summed E-state index contributed by atoms with van der Waals surface area (Å²) in [6.45, 7) is 1.46. The summed E-state index contributed by atoms with van der Waals surface area (Å²) in [5, 5.41) is 12.2. The molecule has 25 heavy (non-hydrogen) atoms. The molecule has 1 unspecified atom stereocenters. The van der Waals surface area contributed by atoms with Crippen LogP contribution in [0.3, 0.4) is 0 Å². The lowest BCUT2D eigenvalue weighted by atomic mass is 9.86. The van der Waals surface area contributed by atoms with Crippen LogP contribution in [0.15, 0.2) is 29.2 Å². The molecule has 1 atom stereocenters. The van der Waals surface area contributed by atoms with Crippen LogP contribution in [-0.4, -0.2) is 37.5 Å². The second kappa shape index (κ2) is 8.16. The van der Waals surface area contributed by atoms with E-state index in [0.29, 0.717) is 30.7 Å². The third kappa shape index (κ3) is 5.42. The summed E-state index contributed by atoms with van der Waals surface area (Å²) < 4.78 is 26.9. The number of hydrogen-bond donors (Lipinski definition) is 3. The van der Waals surface area contributed by atoms with E-state index in [4.69, 9.17) is 16.7 Å². The molecule has 7 nitrogen and oxygen atoms in total. The first-order valence-electron chi connectivity index (χ1n) is 8.00. The van der Waals surface area contributed by atoms with E-state index in [0.717, 1.165) is 0 Å². The summed E-state index contributed by atoms with van der Waals surface area (Å²) in [5.41, 5.74) is 0. The minimum absolute atomic E-state index is 0.0264. The van der Waals surface area contributed by atoms with Gasteiger partial charge in [0.25, 0.3) is 0 Å². The van der Waals surface area contributed by atoms with Gasteiger partial charge in [-0.1, -0.05) is 11.6 Å². The van der Waals surface area contributed by atoms with Crippen molar-refractivity contribution in [3.8, 4) is 0 Å². The van der Waals surface area contributed by atoms with Crippen LogP contribution in [0.2, 0.25) is 5.02 Å². The van der Waals surface area contributed by atoms with E-state index in [1.807, 2.05) is 0 Å².